The molecular formula is C22H28IN3O9. The first kappa shape index (κ1) is 27.3. The van der Waals surface area contributed by atoms with Gasteiger partial charge in [-0.2, -0.15) is 0 Å². The first-order valence-corrected chi connectivity index (χ1v) is 11.9. The molecule has 3 rings (SSSR count). The lowest BCUT2D eigenvalue weighted by atomic mass is 9.83. The number of aromatic nitrogens is 2. The topological polar surface area (TPSA) is 166 Å². The van der Waals surface area contributed by atoms with Gasteiger partial charge in [0.15, 0.2) is 0 Å². The molecule has 4 atom stereocenters. The molecule has 0 saturated carbocycles. The third-order valence-corrected chi connectivity index (χ3v) is 6.55. The van der Waals surface area contributed by atoms with Crippen LogP contribution in [0, 0.1) is 19.1 Å². The maximum absolute atomic E-state index is 12.5. The first-order valence-electron chi connectivity index (χ1n) is 10.8. The number of ether oxygens (including phenoxy) is 3. The van der Waals surface area contributed by atoms with Crippen LogP contribution in [0.5, 0.6) is 5.75 Å². The van der Waals surface area contributed by atoms with Crippen LogP contribution in [0.2, 0.25) is 0 Å². The molecule has 1 aliphatic rings. The molecule has 12 nitrogen and oxygen atoms in total. The van der Waals surface area contributed by atoms with Gasteiger partial charge in [-0.25, -0.2) is 4.79 Å². The van der Waals surface area contributed by atoms with E-state index in [0.29, 0.717) is 9.32 Å². The van der Waals surface area contributed by atoms with Gasteiger partial charge >= 0.3 is 5.69 Å². The van der Waals surface area contributed by atoms with Crippen molar-refractivity contribution in [3.05, 3.63) is 64.0 Å². The quantitative estimate of drug-likeness (QED) is 0.232. The zero-order valence-corrected chi connectivity index (χ0v) is 21.8. The molecule has 1 saturated heterocycles. The highest BCUT2D eigenvalue weighted by atomic mass is 127. The summed E-state index contributed by atoms with van der Waals surface area (Å²) in [7, 11) is 1.46. The monoisotopic (exact) mass is 605 g/mol. The molecule has 13 heteroatoms. The molecule has 3 N–H and O–H groups in total. The number of aliphatic hydroxyl groups is 2. The molecule has 0 amide bonds. The summed E-state index contributed by atoms with van der Waals surface area (Å²) in [5, 5.41) is 31.1. The van der Waals surface area contributed by atoms with Crippen molar-refractivity contribution in [1.82, 2.24) is 9.55 Å². The van der Waals surface area contributed by atoms with E-state index in [-0.39, 0.29) is 29.8 Å². The predicted molar refractivity (Wildman–Crippen MR) is 132 cm³/mol. The summed E-state index contributed by atoms with van der Waals surface area (Å²) in [5.41, 5.74) is -1.79. The Labute approximate surface area is 214 Å². The molecule has 0 aliphatic carbocycles. The summed E-state index contributed by atoms with van der Waals surface area (Å²) < 4.78 is 18.6. The van der Waals surface area contributed by atoms with Gasteiger partial charge in [-0.1, -0.05) is 20.8 Å². The van der Waals surface area contributed by atoms with E-state index in [1.54, 1.807) is 6.07 Å². The van der Waals surface area contributed by atoms with Crippen molar-refractivity contribution in [2.24, 2.45) is 5.41 Å². The molecule has 1 aliphatic heterocycles. The van der Waals surface area contributed by atoms with E-state index in [4.69, 9.17) is 14.2 Å². The minimum atomic E-state index is -0.967. The number of nitro groups is 1. The van der Waals surface area contributed by atoms with Crippen molar-refractivity contribution < 1.29 is 29.3 Å². The fraction of sp³-hybridized carbons (Fsp3) is 0.545. The molecule has 2 aromatic rings. The number of rotatable bonds is 8. The van der Waals surface area contributed by atoms with Crippen molar-refractivity contribution in [3.8, 4) is 5.75 Å². The van der Waals surface area contributed by atoms with Crippen LogP contribution in [0.4, 0.5) is 5.69 Å². The Morgan fingerprint density at radius 3 is 2.60 bits per heavy atom. The third-order valence-electron chi connectivity index (χ3n) is 5.71. The maximum Gasteiger partial charge on any atom is 0.330 e. The van der Waals surface area contributed by atoms with Gasteiger partial charge in [0.2, 0.25) is 0 Å². The van der Waals surface area contributed by atoms with E-state index < -0.39 is 52.7 Å². The number of benzene rings is 1. The average molecular weight is 605 g/mol. The molecule has 0 bridgehead atoms. The minimum absolute atomic E-state index is 0.0523. The average Bonchev–Trinajstić information content (AvgIpc) is 3.14. The summed E-state index contributed by atoms with van der Waals surface area (Å²) >= 11 is 1.95. The van der Waals surface area contributed by atoms with Crippen LogP contribution in [0.25, 0.3) is 0 Å². The van der Waals surface area contributed by atoms with E-state index in [1.165, 1.54) is 19.4 Å². The number of nitro benzene ring substituents is 1. The van der Waals surface area contributed by atoms with Crippen LogP contribution in [-0.2, 0) is 16.1 Å². The van der Waals surface area contributed by atoms with E-state index >= 15 is 0 Å². The standard InChI is InChI=1S/C22H28IN3O9/c1-22(2,3)19(12-5-16(33-4)13(23)6-14(12)26(31)32)34-10-11-8-25(21(30)24-20(11)29)18-7-15(28)17(9-27)35-18/h5-6,8,15,17-19,27-28H,7,9-10H2,1-4H3,(H,24,29,30)/t15-,17+,18+,19+/m0/s1. The van der Waals surface area contributed by atoms with Gasteiger partial charge < -0.3 is 24.4 Å². The van der Waals surface area contributed by atoms with Gasteiger partial charge in [-0.3, -0.25) is 24.5 Å². The fourth-order valence-corrected chi connectivity index (χ4v) is 4.63. The molecule has 35 heavy (non-hydrogen) atoms. The van der Waals surface area contributed by atoms with E-state index in [9.17, 15) is 29.9 Å². The van der Waals surface area contributed by atoms with Crippen molar-refractivity contribution in [3.63, 3.8) is 0 Å². The number of halogens is 1. The molecule has 192 valence electrons. The Kier molecular flexibility index (Phi) is 8.36. The normalized spacial score (nSPS) is 21.2. The number of nitrogens with zero attached hydrogens (tertiary/aromatic N) is 2. The van der Waals surface area contributed by atoms with Crippen molar-refractivity contribution >= 4 is 28.3 Å². The summed E-state index contributed by atoms with van der Waals surface area (Å²) in [6.45, 7) is 4.86. The van der Waals surface area contributed by atoms with Crippen LogP contribution < -0.4 is 16.0 Å². The minimum Gasteiger partial charge on any atom is -0.496 e. The Morgan fingerprint density at radius 1 is 1.37 bits per heavy atom. The Hall–Kier alpha value is -2.33. The fourth-order valence-electron chi connectivity index (χ4n) is 3.96. The van der Waals surface area contributed by atoms with E-state index in [1.807, 2.05) is 43.4 Å². The van der Waals surface area contributed by atoms with Crippen LogP contribution in [0.15, 0.2) is 27.9 Å². The molecule has 0 radical (unpaired) electrons. The number of aliphatic hydroxyl groups excluding tert-OH is 2. The molecule has 2 heterocycles. The lowest BCUT2D eigenvalue weighted by Crippen LogP contribution is -2.35. The second-order valence-electron chi connectivity index (χ2n) is 9.30. The smallest absolute Gasteiger partial charge is 0.330 e. The Morgan fingerprint density at radius 2 is 2.06 bits per heavy atom. The van der Waals surface area contributed by atoms with Gasteiger partial charge in [0.1, 0.15) is 18.1 Å². The highest BCUT2D eigenvalue weighted by Crippen LogP contribution is 2.43. The van der Waals surface area contributed by atoms with Crippen LogP contribution in [0.3, 0.4) is 0 Å². The van der Waals surface area contributed by atoms with Gasteiger partial charge in [-0.15, -0.1) is 0 Å². The van der Waals surface area contributed by atoms with Crippen molar-refractivity contribution in [2.75, 3.05) is 13.7 Å². The third kappa shape index (κ3) is 5.91. The van der Waals surface area contributed by atoms with Crippen LogP contribution in [0.1, 0.15) is 50.7 Å². The molecule has 1 fully saturated rings. The Balaban J connectivity index is 1.97. The summed E-state index contributed by atoms with van der Waals surface area (Å²) in [6, 6.07) is 2.97. The zero-order valence-electron chi connectivity index (χ0n) is 19.7. The van der Waals surface area contributed by atoms with Gasteiger partial charge in [-0.05, 0) is 34.1 Å². The number of methoxy groups -OCH3 is 1. The van der Waals surface area contributed by atoms with Crippen LogP contribution >= 0.6 is 22.6 Å². The number of H-pyrrole nitrogens is 1. The predicted octanol–water partition coefficient (Wildman–Crippen LogP) is 2.00. The molecular weight excluding hydrogens is 577 g/mol. The lowest BCUT2D eigenvalue weighted by Gasteiger charge is -2.31. The SMILES string of the molecule is COc1cc([C@@H](OCc2cn([C@H]3C[C@H](O)[C@@H](CO)O3)c(=O)[nH]c2=O)C(C)(C)C)c([N+](=O)[O-])cc1I. The summed E-state index contributed by atoms with van der Waals surface area (Å²) in [4.78, 5) is 38.4. The van der Waals surface area contributed by atoms with Gasteiger partial charge in [0.05, 0.1) is 52.2 Å². The van der Waals surface area contributed by atoms with Crippen molar-refractivity contribution in [1.29, 1.82) is 0 Å². The van der Waals surface area contributed by atoms with E-state index in [0.717, 1.165) is 4.57 Å². The molecule has 0 unspecified atom stereocenters. The first-order chi connectivity index (χ1) is 16.4. The van der Waals surface area contributed by atoms with Crippen molar-refractivity contribution in [2.45, 2.75) is 58.3 Å². The number of hydrogen-bond acceptors (Lipinski definition) is 9. The van der Waals surface area contributed by atoms with E-state index in [2.05, 4.69) is 4.98 Å². The van der Waals surface area contributed by atoms with Crippen LogP contribution in [-0.4, -0.2) is 50.6 Å². The number of nitrogens with one attached hydrogen (secondary N) is 1. The largest absolute Gasteiger partial charge is 0.496 e. The Bertz CT molecular complexity index is 1200. The number of hydrogen-bond donors (Lipinski definition) is 3. The summed E-state index contributed by atoms with van der Waals surface area (Å²) in [5.74, 6) is 0.450. The highest BCUT2D eigenvalue weighted by Gasteiger charge is 2.36. The molecule has 1 aromatic heterocycles. The second kappa shape index (κ2) is 10.7. The maximum atomic E-state index is 12.5. The van der Waals surface area contributed by atoms with Gasteiger partial charge in [0.25, 0.3) is 11.2 Å². The zero-order chi connectivity index (χ0) is 26.1. The highest BCUT2D eigenvalue weighted by molar-refractivity contribution is 14.1. The lowest BCUT2D eigenvalue weighted by molar-refractivity contribution is -0.386. The second-order valence-corrected chi connectivity index (χ2v) is 10.5. The number of aromatic amines is 1. The summed E-state index contributed by atoms with van der Waals surface area (Å²) in [6.07, 6.45) is -2.18. The van der Waals surface area contributed by atoms with Gasteiger partial charge in [0, 0.05) is 18.7 Å². The molecule has 0 spiro atoms. The molecule has 1 aromatic carbocycles.